The van der Waals surface area contributed by atoms with Crippen LogP contribution in [-0.4, -0.2) is 59.4 Å². The molecule has 0 bridgehead atoms. The molecule has 0 radical (unpaired) electrons. The number of fused-ring (bicyclic) bond motifs is 1. The summed E-state index contributed by atoms with van der Waals surface area (Å²) in [4.78, 5) is 53.6. The third-order valence-electron chi connectivity index (χ3n) is 7.47. The Kier molecular flexibility index (Phi) is 6.44. The van der Waals surface area contributed by atoms with Crippen LogP contribution in [0.25, 0.3) is 0 Å². The first kappa shape index (κ1) is 24.2. The minimum absolute atomic E-state index is 0.0569. The first-order chi connectivity index (χ1) is 16.0. The van der Waals surface area contributed by atoms with Gasteiger partial charge in [-0.25, -0.2) is 4.79 Å². The topological polar surface area (TPSA) is 96.0 Å². The molecule has 3 aliphatic rings. The smallest absolute Gasteiger partial charge is 0.326 e. The predicted molar refractivity (Wildman–Crippen MR) is 126 cm³/mol. The quantitative estimate of drug-likeness (QED) is 0.528. The van der Waals surface area contributed by atoms with Gasteiger partial charge in [-0.1, -0.05) is 45.0 Å². The molecule has 8 nitrogen and oxygen atoms in total. The number of hydrogen-bond donors (Lipinski definition) is 1. The number of carbonyl (C=O) groups excluding carboxylic acids is 4. The van der Waals surface area contributed by atoms with Gasteiger partial charge in [0, 0.05) is 7.05 Å². The summed E-state index contributed by atoms with van der Waals surface area (Å²) in [5.41, 5.74) is 1.31. The Bertz CT molecular complexity index is 1010. The molecular weight excluding hydrogens is 434 g/mol. The van der Waals surface area contributed by atoms with E-state index < -0.39 is 30.7 Å². The number of aryl methyl sites for hydroxylation is 1. The van der Waals surface area contributed by atoms with E-state index in [1.165, 1.54) is 5.56 Å². The number of hydrogen-bond acceptors (Lipinski definition) is 5. The molecule has 3 unspecified atom stereocenters. The van der Waals surface area contributed by atoms with Gasteiger partial charge in [0.1, 0.15) is 12.1 Å². The molecule has 4 rings (SSSR count). The van der Waals surface area contributed by atoms with Crippen molar-refractivity contribution in [1.82, 2.24) is 15.1 Å². The molecule has 1 heterocycles. The molecule has 2 aliphatic carbocycles. The maximum absolute atomic E-state index is 13.2. The summed E-state index contributed by atoms with van der Waals surface area (Å²) in [6.07, 6.45) is 4.90. The van der Waals surface area contributed by atoms with Crippen molar-refractivity contribution >= 4 is 23.8 Å². The zero-order chi connectivity index (χ0) is 24.7. The molecular formula is C26H35N3O5. The molecule has 0 aromatic heterocycles. The van der Waals surface area contributed by atoms with Crippen molar-refractivity contribution in [1.29, 1.82) is 0 Å². The van der Waals surface area contributed by atoms with Crippen molar-refractivity contribution in [2.45, 2.75) is 70.9 Å². The van der Waals surface area contributed by atoms with Gasteiger partial charge in [0.2, 0.25) is 0 Å². The van der Waals surface area contributed by atoms with Gasteiger partial charge in [-0.05, 0) is 61.0 Å². The van der Waals surface area contributed by atoms with Crippen molar-refractivity contribution < 1.29 is 23.9 Å². The lowest BCUT2D eigenvalue weighted by Gasteiger charge is -2.43. The Balaban J connectivity index is 1.34. The van der Waals surface area contributed by atoms with Crippen molar-refractivity contribution in [2.75, 3.05) is 20.2 Å². The maximum atomic E-state index is 13.2. The van der Waals surface area contributed by atoms with E-state index in [4.69, 9.17) is 4.74 Å². The summed E-state index contributed by atoms with van der Waals surface area (Å²) in [6, 6.07) is 7.45. The first-order valence-electron chi connectivity index (χ1n) is 12.1. The van der Waals surface area contributed by atoms with Crippen molar-refractivity contribution in [2.24, 2.45) is 11.3 Å². The highest BCUT2D eigenvalue weighted by molar-refractivity contribution is 6.08. The Hall–Kier alpha value is -2.90. The van der Waals surface area contributed by atoms with Gasteiger partial charge < -0.3 is 15.0 Å². The summed E-state index contributed by atoms with van der Waals surface area (Å²) in [6.45, 7) is 5.34. The molecule has 3 atom stereocenters. The predicted octanol–water partition coefficient (Wildman–Crippen LogP) is 3.20. The zero-order valence-corrected chi connectivity index (χ0v) is 20.6. The second-order valence-corrected chi connectivity index (χ2v) is 11.0. The van der Waals surface area contributed by atoms with Crippen LogP contribution in [0.5, 0.6) is 0 Å². The van der Waals surface area contributed by atoms with Crippen LogP contribution in [0.3, 0.4) is 0 Å². The summed E-state index contributed by atoms with van der Waals surface area (Å²) < 4.78 is 5.20. The number of benzene rings is 1. The lowest BCUT2D eigenvalue weighted by atomic mass is 9.64. The van der Waals surface area contributed by atoms with E-state index in [1.807, 2.05) is 18.2 Å². The summed E-state index contributed by atoms with van der Waals surface area (Å²) in [5, 5.41) is 2.85. The van der Waals surface area contributed by atoms with E-state index in [0.29, 0.717) is 12.8 Å². The largest absolute Gasteiger partial charge is 0.454 e. The Morgan fingerprint density at radius 3 is 2.68 bits per heavy atom. The molecule has 1 aromatic rings. The van der Waals surface area contributed by atoms with Crippen LogP contribution >= 0.6 is 0 Å². The summed E-state index contributed by atoms with van der Waals surface area (Å²) >= 11 is 0. The molecule has 1 aliphatic heterocycles. The minimum atomic E-state index is -0.969. The number of ether oxygens (including phenoxy) is 1. The van der Waals surface area contributed by atoms with Crippen LogP contribution in [0.2, 0.25) is 0 Å². The van der Waals surface area contributed by atoms with E-state index in [0.717, 1.165) is 36.1 Å². The average molecular weight is 470 g/mol. The number of nitrogens with zero attached hydrogens (tertiary/aromatic N) is 2. The van der Waals surface area contributed by atoms with Crippen LogP contribution in [0, 0.1) is 11.3 Å². The van der Waals surface area contributed by atoms with E-state index in [2.05, 4.69) is 32.2 Å². The number of rotatable bonds is 5. The monoisotopic (exact) mass is 469 g/mol. The zero-order valence-electron chi connectivity index (χ0n) is 20.6. The van der Waals surface area contributed by atoms with Gasteiger partial charge in [0.25, 0.3) is 11.8 Å². The second kappa shape index (κ2) is 9.04. The molecule has 8 heteroatoms. The molecule has 1 saturated carbocycles. The minimum Gasteiger partial charge on any atom is -0.454 e. The number of nitrogens with one attached hydrogen (secondary N) is 1. The van der Waals surface area contributed by atoms with Gasteiger partial charge in [0.05, 0.1) is 6.04 Å². The lowest BCUT2D eigenvalue weighted by Crippen LogP contribution is -2.54. The maximum Gasteiger partial charge on any atom is 0.326 e. The number of imide groups is 1. The molecule has 34 heavy (non-hydrogen) atoms. The van der Waals surface area contributed by atoms with Crippen LogP contribution in [-0.2, 0) is 25.5 Å². The van der Waals surface area contributed by atoms with E-state index >= 15 is 0 Å². The molecule has 2 fully saturated rings. The van der Waals surface area contributed by atoms with Crippen molar-refractivity contribution in [3.8, 4) is 0 Å². The van der Waals surface area contributed by atoms with Gasteiger partial charge in [0.15, 0.2) is 6.61 Å². The van der Waals surface area contributed by atoms with Gasteiger partial charge >= 0.3 is 12.0 Å². The molecule has 1 saturated heterocycles. The number of carbonyl (C=O) groups is 4. The highest BCUT2D eigenvalue weighted by Gasteiger charge is 2.56. The molecule has 1 spiro atoms. The van der Waals surface area contributed by atoms with Crippen molar-refractivity contribution in [3.63, 3.8) is 0 Å². The summed E-state index contributed by atoms with van der Waals surface area (Å²) in [5.74, 6) is -1.18. The third-order valence-corrected chi connectivity index (χ3v) is 7.47. The van der Waals surface area contributed by atoms with Crippen LogP contribution in [0.15, 0.2) is 24.3 Å². The van der Waals surface area contributed by atoms with Gasteiger partial charge in [-0.2, -0.15) is 0 Å². The van der Waals surface area contributed by atoms with E-state index in [-0.39, 0.29) is 29.2 Å². The Morgan fingerprint density at radius 2 is 1.94 bits per heavy atom. The third kappa shape index (κ3) is 4.68. The average Bonchev–Trinajstić information content (AvgIpc) is 2.98. The fourth-order valence-electron chi connectivity index (χ4n) is 6.37. The number of amides is 4. The van der Waals surface area contributed by atoms with Gasteiger partial charge in [-0.15, -0.1) is 0 Å². The second-order valence-electron chi connectivity index (χ2n) is 11.0. The fourth-order valence-corrected chi connectivity index (χ4v) is 6.37. The lowest BCUT2D eigenvalue weighted by molar-refractivity contribution is -0.154. The molecule has 184 valence electrons. The Morgan fingerprint density at radius 1 is 1.21 bits per heavy atom. The van der Waals surface area contributed by atoms with Crippen LogP contribution < -0.4 is 5.32 Å². The number of esters is 1. The molecule has 1 aromatic carbocycles. The van der Waals surface area contributed by atoms with Crippen LogP contribution in [0.4, 0.5) is 4.79 Å². The van der Waals surface area contributed by atoms with Crippen molar-refractivity contribution in [3.05, 3.63) is 35.4 Å². The fraction of sp³-hybridized carbons (Fsp3) is 0.615. The SMILES string of the molecule is CC1CC(C)(C)CC2(C1)NC(=O)N(CC(=O)OCC(=O)N(C)C1CCCc3ccccc31)C2=O. The number of urea groups is 1. The molecule has 4 amide bonds. The van der Waals surface area contributed by atoms with Crippen LogP contribution in [0.1, 0.15) is 70.0 Å². The summed E-state index contributed by atoms with van der Waals surface area (Å²) in [7, 11) is 1.72. The Labute approximate surface area is 201 Å². The van der Waals surface area contributed by atoms with E-state index in [9.17, 15) is 19.2 Å². The normalized spacial score (nSPS) is 27.8. The standard InChI is InChI=1S/C26H35N3O5/c1-17-12-25(2,3)16-26(13-17)23(32)29(24(33)27-26)14-22(31)34-15-21(30)28(4)20-11-7-9-18-8-5-6-10-19(18)20/h5-6,8,10,17,20H,7,9,11-16H2,1-4H3,(H,27,33). The number of likely N-dealkylation sites (N-methyl/N-ethyl adjacent to an activating group) is 1. The highest BCUT2D eigenvalue weighted by atomic mass is 16.5. The van der Waals surface area contributed by atoms with Gasteiger partial charge in [-0.3, -0.25) is 19.3 Å². The first-order valence-corrected chi connectivity index (χ1v) is 12.1. The highest BCUT2D eigenvalue weighted by Crippen LogP contribution is 2.46. The van der Waals surface area contributed by atoms with E-state index in [1.54, 1.807) is 11.9 Å². The molecule has 1 N–H and O–H groups in total.